The summed E-state index contributed by atoms with van der Waals surface area (Å²) < 4.78 is 5.46. The summed E-state index contributed by atoms with van der Waals surface area (Å²) in [5.41, 5.74) is 1.50. The summed E-state index contributed by atoms with van der Waals surface area (Å²) in [7, 11) is 0. The number of piperidine rings is 1. The fourth-order valence-electron chi connectivity index (χ4n) is 3.12. The fraction of sp³-hybridized carbons (Fsp3) is 0.368. The molecule has 0 radical (unpaired) electrons. The summed E-state index contributed by atoms with van der Waals surface area (Å²) in [6.07, 6.45) is 2.02. The van der Waals surface area contributed by atoms with E-state index in [0.717, 1.165) is 31.5 Å². The first kappa shape index (κ1) is 20.5. The number of carbonyl (C=O) groups is 1. The van der Waals surface area contributed by atoms with E-state index < -0.39 is 11.5 Å². The van der Waals surface area contributed by atoms with Crippen LogP contribution in [-0.2, 0) is 0 Å². The smallest absolute Gasteiger partial charge is 0.349 e. The van der Waals surface area contributed by atoms with Crippen LogP contribution in [0.4, 0.5) is 5.69 Å². The van der Waals surface area contributed by atoms with Crippen LogP contribution in [0.25, 0.3) is 0 Å². The molecule has 1 saturated heterocycles. The normalized spacial score (nSPS) is 16.7. The number of nitrogens with one attached hydrogen (secondary N) is 2. The quantitative estimate of drug-likeness (QED) is 0.820. The highest BCUT2D eigenvalue weighted by Gasteiger charge is 2.22. The van der Waals surface area contributed by atoms with Gasteiger partial charge in [0.2, 0.25) is 0 Å². The summed E-state index contributed by atoms with van der Waals surface area (Å²) in [6.45, 7) is 5.39. The molecule has 5 nitrogen and oxygen atoms in total. The molecule has 26 heavy (non-hydrogen) atoms. The lowest BCUT2D eigenvalue weighted by atomic mass is 9.95. The Kier molecular flexibility index (Phi) is 6.87. The standard InChI is InChI=1S/C19H21ClN2O3.ClH/c1-11-5-6-14(20)9-15(11)22-18(23)17-12(2)8-16(25-19(17)24)13-4-3-7-21-10-13;/h5-6,8-9,13,21H,3-4,7,10H2,1-2H3,(H,22,23);1H. The van der Waals surface area contributed by atoms with Crippen molar-refractivity contribution in [2.45, 2.75) is 32.6 Å². The highest BCUT2D eigenvalue weighted by molar-refractivity contribution is 6.31. The van der Waals surface area contributed by atoms with Gasteiger partial charge in [-0.15, -0.1) is 12.4 Å². The van der Waals surface area contributed by atoms with E-state index in [4.69, 9.17) is 16.0 Å². The van der Waals surface area contributed by atoms with Crippen molar-refractivity contribution in [3.8, 4) is 0 Å². The van der Waals surface area contributed by atoms with Crippen molar-refractivity contribution in [1.82, 2.24) is 5.32 Å². The van der Waals surface area contributed by atoms with Crippen molar-refractivity contribution in [3.63, 3.8) is 0 Å². The lowest BCUT2D eigenvalue weighted by Gasteiger charge is -2.22. The first-order valence-corrected chi connectivity index (χ1v) is 8.76. The molecule has 0 bridgehead atoms. The zero-order chi connectivity index (χ0) is 18.0. The van der Waals surface area contributed by atoms with E-state index in [2.05, 4.69) is 10.6 Å². The average molecular weight is 397 g/mol. The van der Waals surface area contributed by atoms with E-state index in [9.17, 15) is 9.59 Å². The van der Waals surface area contributed by atoms with E-state index in [0.29, 0.717) is 22.0 Å². The van der Waals surface area contributed by atoms with Gasteiger partial charge < -0.3 is 15.1 Å². The minimum atomic E-state index is -0.599. The second-order valence-electron chi connectivity index (χ2n) is 6.45. The molecule has 0 aliphatic carbocycles. The maximum Gasteiger partial charge on any atom is 0.349 e. The summed E-state index contributed by atoms with van der Waals surface area (Å²) in [5, 5.41) is 6.57. The summed E-state index contributed by atoms with van der Waals surface area (Å²) >= 11 is 5.98. The molecular formula is C19H22Cl2N2O3. The summed E-state index contributed by atoms with van der Waals surface area (Å²) in [6, 6.07) is 7.03. The number of benzene rings is 1. The molecule has 1 aromatic heterocycles. The number of aryl methyl sites for hydroxylation is 2. The average Bonchev–Trinajstić information content (AvgIpc) is 2.58. The minimum absolute atomic E-state index is 0. The van der Waals surface area contributed by atoms with E-state index in [1.807, 2.05) is 13.0 Å². The van der Waals surface area contributed by atoms with E-state index in [1.165, 1.54) is 0 Å². The third-order valence-corrected chi connectivity index (χ3v) is 4.78. The first-order valence-electron chi connectivity index (χ1n) is 8.38. The topological polar surface area (TPSA) is 71.3 Å². The van der Waals surface area contributed by atoms with Gasteiger partial charge in [-0.3, -0.25) is 4.79 Å². The number of anilines is 1. The Morgan fingerprint density at radius 1 is 1.27 bits per heavy atom. The molecule has 2 N–H and O–H groups in total. The molecule has 1 aliphatic rings. The van der Waals surface area contributed by atoms with Crippen molar-refractivity contribution in [2.75, 3.05) is 18.4 Å². The van der Waals surface area contributed by atoms with Crippen LogP contribution >= 0.6 is 24.0 Å². The van der Waals surface area contributed by atoms with Crippen LogP contribution in [0.2, 0.25) is 5.02 Å². The predicted molar refractivity (Wildman–Crippen MR) is 106 cm³/mol. The molecule has 7 heteroatoms. The predicted octanol–water partition coefficient (Wildman–Crippen LogP) is 4.05. The molecule has 1 aromatic carbocycles. The number of rotatable bonds is 3. The van der Waals surface area contributed by atoms with Gasteiger partial charge in [0.25, 0.3) is 5.91 Å². The van der Waals surface area contributed by atoms with Gasteiger partial charge in [0.1, 0.15) is 11.3 Å². The molecule has 1 atom stereocenters. The van der Waals surface area contributed by atoms with E-state index in [-0.39, 0.29) is 23.9 Å². The van der Waals surface area contributed by atoms with Crippen LogP contribution < -0.4 is 16.3 Å². The van der Waals surface area contributed by atoms with Crippen LogP contribution in [0.1, 0.15) is 46.0 Å². The number of hydrogen-bond acceptors (Lipinski definition) is 4. The van der Waals surface area contributed by atoms with Gasteiger partial charge in [-0.1, -0.05) is 17.7 Å². The number of halogens is 2. The molecule has 140 valence electrons. The number of hydrogen-bond donors (Lipinski definition) is 2. The monoisotopic (exact) mass is 396 g/mol. The fourth-order valence-corrected chi connectivity index (χ4v) is 3.29. The van der Waals surface area contributed by atoms with E-state index >= 15 is 0 Å². The molecule has 0 spiro atoms. The Balaban J connectivity index is 0.00000243. The molecule has 1 fully saturated rings. The highest BCUT2D eigenvalue weighted by Crippen LogP contribution is 2.24. The SMILES string of the molecule is Cc1ccc(Cl)cc1NC(=O)c1c(C)cc(C2CCCNC2)oc1=O.Cl. The van der Waals surface area contributed by atoms with Crippen LogP contribution in [-0.4, -0.2) is 19.0 Å². The Morgan fingerprint density at radius 2 is 2.04 bits per heavy atom. The Bertz CT molecular complexity index is 858. The maximum atomic E-state index is 12.6. The Hall–Kier alpha value is -1.82. The van der Waals surface area contributed by atoms with Crippen molar-refractivity contribution >= 4 is 35.6 Å². The summed E-state index contributed by atoms with van der Waals surface area (Å²) in [4.78, 5) is 25.0. The zero-order valence-corrected chi connectivity index (χ0v) is 16.3. The van der Waals surface area contributed by atoms with Gasteiger partial charge in [-0.05, 0) is 62.6 Å². The third-order valence-electron chi connectivity index (χ3n) is 4.54. The molecule has 0 saturated carbocycles. The lowest BCUT2D eigenvalue weighted by molar-refractivity contribution is 0.102. The minimum Gasteiger partial charge on any atom is -0.427 e. The molecule has 2 heterocycles. The molecule has 2 aromatic rings. The van der Waals surface area contributed by atoms with Crippen LogP contribution in [0.3, 0.4) is 0 Å². The highest BCUT2D eigenvalue weighted by atomic mass is 35.5. The van der Waals surface area contributed by atoms with Crippen molar-refractivity contribution in [3.05, 3.63) is 62.2 Å². The molecular weight excluding hydrogens is 375 g/mol. The van der Waals surface area contributed by atoms with Crippen molar-refractivity contribution < 1.29 is 9.21 Å². The maximum absolute atomic E-state index is 12.6. The first-order chi connectivity index (χ1) is 12.0. The number of amides is 1. The van der Waals surface area contributed by atoms with Gasteiger partial charge in [-0.25, -0.2) is 4.79 Å². The van der Waals surface area contributed by atoms with Crippen LogP contribution in [0, 0.1) is 13.8 Å². The van der Waals surface area contributed by atoms with Gasteiger partial charge >= 0.3 is 5.63 Å². The molecule has 3 rings (SSSR count). The second kappa shape index (κ2) is 8.71. The van der Waals surface area contributed by atoms with Gasteiger partial charge in [0.15, 0.2) is 0 Å². The van der Waals surface area contributed by atoms with Gasteiger partial charge in [0, 0.05) is 23.2 Å². The molecule has 1 aliphatic heterocycles. The Labute approximate surface area is 163 Å². The third kappa shape index (κ3) is 4.47. The summed E-state index contributed by atoms with van der Waals surface area (Å²) in [5.74, 6) is 0.336. The second-order valence-corrected chi connectivity index (χ2v) is 6.89. The Morgan fingerprint density at radius 3 is 2.69 bits per heavy atom. The molecule has 1 amide bonds. The zero-order valence-electron chi connectivity index (χ0n) is 14.7. The lowest BCUT2D eigenvalue weighted by Crippen LogP contribution is -2.30. The largest absolute Gasteiger partial charge is 0.427 e. The van der Waals surface area contributed by atoms with Crippen molar-refractivity contribution in [2.24, 2.45) is 0 Å². The van der Waals surface area contributed by atoms with Gasteiger partial charge in [0.05, 0.1) is 0 Å². The van der Waals surface area contributed by atoms with E-state index in [1.54, 1.807) is 25.1 Å². The van der Waals surface area contributed by atoms with Crippen molar-refractivity contribution in [1.29, 1.82) is 0 Å². The van der Waals surface area contributed by atoms with Crippen LogP contribution in [0.5, 0.6) is 0 Å². The number of carbonyl (C=O) groups excluding carboxylic acids is 1. The van der Waals surface area contributed by atoms with Gasteiger partial charge in [-0.2, -0.15) is 0 Å². The molecule has 1 unspecified atom stereocenters. The van der Waals surface area contributed by atoms with Crippen LogP contribution in [0.15, 0.2) is 33.5 Å².